The fourth-order valence-corrected chi connectivity index (χ4v) is 1.75. The Morgan fingerprint density at radius 2 is 2.54 bits per heavy atom. The Morgan fingerprint density at radius 3 is 3.08 bits per heavy atom. The molecule has 68 valence electrons. The van der Waals surface area contributed by atoms with Crippen LogP contribution < -0.4 is 5.32 Å². The van der Waals surface area contributed by atoms with E-state index >= 15 is 0 Å². The van der Waals surface area contributed by atoms with E-state index in [1.54, 1.807) is 11.7 Å². The van der Waals surface area contributed by atoms with Crippen molar-refractivity contribution in [2.45, 2.75) is 19.4 Å². The fourth-order valence-electron chi connectivity index (χ4n) is 1.18. The highest BCUT2D eigenvalue weighted by Gasteiger charge is 2.25. The number of carbonyl (C=O) groups excluding carboxylic acids is 1. The Morgan fingerprint density at radius 1 is 1.69 bits per heavy atom. The number of aromatic nitrogens is 1. The van der Waals surface area contributed by atoms with E-state index in [-0.39, 0.29) is 11.9 Å². The van der Waals surface area contributed by atoms with Crippen LogP contribution in [0.4, 0.5) is 0 Å². The standard InChI is InChI=1S/C8H9N3OS/c1-2-5-8(12)11-7(10-5)6-3-9-4-13-6/h3-5H,2H2,1H3,(H,10,11,12). The molecule has 0 bridgehead atoms. The van der Waals surface area contributed by atoms with Gasteiger partial charge in [0.05, 0.1) is 10.4 Å². The highest BCUT2D eigenvalue weighted by Crippen LogP contribution is 2.12. The molecule has 13 heavy (non-hydrogen) atoms. The number of carbonyl (C=O) groups is 1. The maximum Gasteiger partial charge on any atom is 0.250 e. The zero-order valence-corrected chi connectivity index (χ0v) is 7.97. The van der Waals surface area contributed by atoms with E-state index in [0.29, 0.717) is 5.84 Å². The van der Waals surface area contributed by atoms with E-state index in [0.717, 1.165) is 11.3 Å². The lowest BCUT2D eigenvalue weighted by atomic mass is 10.2. The number of thiazole rings is 1. The zero-order chi connectivity index (χ0) is 9.26. The third-order valence-electron chi connectivity index (χ3n) is 1.88. The van der Waals surface area contributed by atoms with E-state index in [9.17, 15) is 4.79 Å². The number of hydrogen-bond acceptors (Lipinski definition) is 4. The maximum absolute atomic E-state index is 11.3. The van der Waals surface area contributed by atoms with Crippen LogP contribution in [0.1, 0.15) is 18.2 Å². The minimum Gasteiger partial charge on any atom is -0.308 e. The number of amidine groups is 1. The summed E-state index contributed by atoms with van der Waals surface area (Å²) in [5.41, 5.74) is 1.73. The minimum absolute atomic E-state index is 0.00843. The van der Waals surface area contributed by atoms with Crippen molar-refractivity contribution in [2.24, 2.45) is 4.99 Å². The molecule has 0 spiro atoms. The van der Waals surface area contributed by atoms with E-state index < -0.39 is 0 Å². The summed E-state index contributed by atoms with van der Waals surface area (Å²) in [7, 11) is 0. The highest BCUT2D eigenvalue weighted by molar-refractivity contribution is 7.11. The van der Waals surface area contributed by atoms with Gasteiger partial charge in [-0.05, 0) is 6.42 Å². The van der Waals surface area contributed by atoms with E-state index in [4.69, 9.17) is 0 Å². The molecule has 0 saturated heterocycles. The number of nitrogens with zero attached hydrogens (tertiary/aromatic N) is 2. The summed E-state index contributed by atoms with van der Waals surface area (Å²) in [4.78, 5) is 20.4. The van der Waals surface area contributed by atoms with Gasteiger partial charge in [-0.2, -0.15) is 0 Å². The normalized spacial score (nSPS) is 21.5. The van der Waals surface area contributed by atoms with Gasteiger partial charge in [0.15, 0.2) is 0 Å². The molecule has 1 aliphatic heterocycles. The Bertz CT molecular complexity index is 344. The lowest BCUT2D eigenvalue weighted by Gasteiger charge is -1.96. The molecule has 1 aromatic rings. The number of rotatable bonds is 2. The molecule has 1 aromatic heterocycles. The van der Waals surface area contributed by atoms with Crippen LogP contribution in [0, 0.1) is 0 Å². The molecular weight excluding hydrogens is 186 g/mol. The van der Waals surface area contributed by atoms with Crippen molar-refractivity contribution in [3.8, 4) is 0 Å². The summed E-state index contributed by atoms with van der Waals surface area (Å²) in [5, 5.41) is 2.74. The van der Waals surface area contributed by atoms with Crippen LogP contribution >= 0.6 is 11.3 Å². The first-order chi connectivity index (χ1) is 6.31. The van der Waals surface area contributed by atoms with Crippen molar-refractivity contribution in [3.63, 3.8) is 0 Å². The zero-order valence-electron chi connectivity index (χ0n) is 7.15. The predicted molar refractivity (Wildman–Crippen MR) is 50.9 cm³/mol. The van der Waals surface area contributed by atoms with Gasteiger partial charge in [0.2, 0.25) is 5.91 Å². The number of aliphatic imine (C=N–C) groups is 1. The summed E-state index contributed by atoms with van der Waals surface area (Å²) < 4.78 is 0. The topological polar surface area (TPSA) is 54.4 Å². The SMILES string of the molecule is CCC1N=C(c2cncs2)NC1=O. The molecule has 4 nitrogen and oxygen atoms in total. The van der Waals surface area contributed by atoms with Gasteiger partial charge in [-0.15, -0.1) is 11.3 Å². The molecule has 2 rings (SSSR count). The Balaban J connectivity index is 2.24. The van der Waals surface area contributed by atoms with Gasteiger partial charge in [0.1, 0.15) is 11.9 Å². The van der Waals surface area contributed by atoms with Gasteiger partial charge in [0.25, 0.3) is 0 Å². The first-order valence-electron chi connectivity index (χ1n) is 4.08. The molecule has 0 aromatic carbocycles. The Labute approximate surface area is 79.7 Å². The van der Waals surface area contributed by atoms with Crippen molar-refractivity contribution in [1.29, 1.82) is 0 Å². The number of hydrogen-bond donors (Lipinski definition) is 1. The molecule has 5 heteroatoms. The monoisotopic (exact) mass is 195 g/mol. The third-order valence-corrected chi connectivity index (χ3v) is 2.66. The van der Waals surface area contributed by atoms with Gasteiger partial charge in [-0.3, -0.25) is 14.8 Å². The Hall–Kier alpha value is -1.23. The van der Waals surface area contributed by atoms with Crippen LogP contribution in [0.2, 0.25) is 0 Å². The summed E-state index contributed by atoms with van der Waals surface area (Å²) >= 11 is 1.48. The van der Waals surface area contributed by atoms with Gasteiger partial charge < -0.3 is 5.32 Å². The van der Waals surface area contributed by atoms with E-state index in [1.807, 2.05) is 6.92 Å². The first-order valence-corrected chi connectivity index (χ1v) is 4.96. The van der Waals surface area contributed by atoms with Crippen molar-refractivity contribution in [2.75, 3.05) is 0 Å². The van der Waals surface area contributed by atoms with Crippen molar-refractivity contribution < 1.29 is 4.79 Å². The number of amides is 1. The average Bonchev–Trinajstić information content (AvgIpc) is 2.71. The quantitative estimate of drug-likeness (QED) is 0.758. The van der Waals surface area contributed by atoms with Crippen LogP contribution in [0.5, 0.6) is 0 Å². The predicted octanol–water partition coefficient (Wildman–Crippen LogP) is 0.798. The minimum atomic E-state index is -0.211. The van der Waals surface area contributed by atoms with Crippen LogP contribution in [-0.2, 0) is 4.79 Å². The Kier molecular flexibility index (Phi) is 2.10. The molecule has 2 heterocycles. The molecule has 1 unspecified atom stereocenters. The van der Waals surface area contributed by atoms with Crippen molar-refractivity contribution in [1.82, 2.24) is 10.3 Å². The second-order valence-electron chi connectivity index (χ2n) is 2.76. The second kappa shape index (κ2) is 3.26. The molecule has 1 aliphatic rings. The molecule has 1 N–H and O–H groups in total. The average molecular weight is 195 g/mol. The molecule has 1 amide bonds. The van der Waals surface area contributed by atoms with Crippen LogP contribution in [0.15, 0.2) is 16.7 Å². The van der Waals surface area contributed by atoms with Crippen LogP contribution in [0.25, 0.3) is 0 Å². The maximum atomic E-state index is 11.3. The largest absolute Gasteiger partial charge is 0.308 e. The van der Waals surface area contributed by atoms with E-state index in [2.05, 4.69) is 15.3 Å². The summed E-state index contributed by atoms with van der Waals surface area (Å²) in [6.07, 6.45) is 2.45. The van der Waals surface area contributed by atoms with E-state index in [1.165, 1.54) is 11.3 Å². The fraction of sp³-hybridized carbons (Fsp3) is 0.375. The third kappa shape index (κ3) is 1.47. The molecule has 0 fully saturated rings. The summed E-state index contributed by atoms with van der Waals surface area (Å²) in [6, 6.07) is -0.211. The van der Waals surface area contributed by atoms with Crippen molar-refractivity contribution >= 4 is 23.1 Å². The molecule has 0 saturated carbocycles. The van der Waals surface area contributed by atoms with Crippen LogP contribution in [-0.4, -0.2) is 22.8 Å². The number of nitrogens with one attached hydrogen (secondary N) is 1. The lowest BCUT2D eigenvalue weighted by Crippen LogP contribution is -2.28. The lowest BCUT2D eigenvalue weighted by molar-refractivity contribution is -0.120. The first kappa shape index (κ1) is 8.37. The summed E-state index contributed by atoms with van der Waals surface area (Å²) in [6.45, 7) is 1.95. The van der Waals surface area contributed by atoms with Gasteiger partial charge >= 0.3 is 0 Å². The molecular formula is C8H9N3OS. The second-order valence-corrected chi connectivity index (χ2v) is 3.64. The van der Waals surface area contributed by atoms with Gasteiger partial charge in [0, 0.05) is 6.20 Å². The van der Waals surface area contributed by atoms with Gasteiger partial charge in [-0.1, -0.05) is 6.92 Å². The molecule has 0 radical (unpaired) electrons. The smallest absolute Gasteiger partial charge is 0.250 e. The van der Waals surface area contributed by atoms with Crippen LogP contribution in [0.3, 0.4) is 0 Å². The van der Waals surface area contributed by atoms with Gasteiger partial charge in [-0.25, -0.2) is 0 Å². The molecule has 1 atom stereocenters. The van der Waals surface area contributed by atoms with Crippen molar-refractivity contribution in [3.05, 3.63) is 16.6 Å². The summed E-state index contributed by atoms with van der Waals surface area (Å²) in [5.74, 6) is 0.658. The highest BCUT2D eigenvalue weighted by atomic mass is 32.1. The molecule has 0 aliphatic carbocycles.